The maximum atomic E-state index is 13.2. The topological polar surface area (TPSA) is 70.2 Å². The summed E-state index contributed by atoms with van der Waals surface area (Å²) in [6, 6.07) is 8.69. The van der Waals surface area contributed by atoms with Crippen molar-refractivity contribution >= 4 is 45.6 Å². The van der Waals surface area contributed by atoms with Crippen molar-refractivity contribution in [3.63, 3.8) is 0 Å². The first kappa shape index (κ1) is 21.3. The van der Waals surface area contributed by atoms with E-state index in [-0.39, 0.29) is 16.6 Å². The largest absolute Gasteiger partial charge is 0.417 e. The van der Waals surface area contributed by atoms with E-state index in [0.717, 1.165) is 32.0 Å². The minimum Gasteiger partial charge on any atom is -0.340 e. The highest BCUT2D eigenvalue weighted by Gasteiger charge is 2.33. The zero-order valence-electron chi connectivity index (χ0n) is 16.3. The Hall–Kier alpha value is -2.91. The number of nitrogens with one attached hydrogen (secondary N) is 2. The van der Waals surface area contributed by atoms with E-state index in [0.29, 0.717) is 29.0 Å². The van der Waals surface area contributed by atoms with E-state index >= 15 is 0 Å². The van der Waals surface area contributed by atoms with Crippen molar-refractivity contribution in [2.45, 2.75) is 19.0 Å². The number of likely N-dealkylation sites (tertiary alicyclic amines) is 1. The van der Waals surface area contributed by atoms with Gasteiger partial charge in [-0.1, -0.05) is 11.6 Å². The van der Waals surface area contributed by atoms with Crippen LogP contribution in [0.5, 0.6) is 0 Å². The van der Waals surface area contributed by atoms with Gasteiger partial charge in [-0.25, -0.2) is 9.97 Å². The molecule has 3 aromatic rings. The molecule has 10 heteroatoms. The Balaban J connectivity index is 1.58. The van der Waals surface area contributed by atoms with E-state index in [9.17, 15) is 18.0 Å². The van der Waals surface area contributed by atoms with Gasteiger partial charge in [-0.3, -0.25) is 9.69 Å². The van der Waals surface area contributed by atoms with Crippen LogP contribution in [0.1, 0.15) is 18.4 Å². The van der Waals surface area contributed by atoms with Crippen LogP contribution in [0.4, 0.5) is 30.4 Å². The van der Waals surface area contributed by atoms with Crippen LogP contribution in [0.15, 0.2) is 42.7 Å². The van der Waals surface area contributed by atoms with Gasteiger partial charge in [-0.15, -0.1) is 0 Å². The molecular formula is C21H19ClF3N5O. The highest BCUT2D eigenvalue weighted by atomic mass is 35.5. The van der Waals surface area contributed by atoms with E-state index in [1.807, 2.05) is 0 Å². The van der Waals surface area contributed by atoms with Gasteiger partial charge in [0, 0.05) is 16.8 Å². The molecule has 0 unspecified atom stereocenters. The van der Waals surface area contributed by atoms with Crippen LogP contribution in [0.2, 0.25) is 5.02 Å². The predicted octanol–water partition coefficient (Wildman–Crippen LogP) is 5.08. The van der Waals surface area contributed by atoms with Crippen LogP contribution in [0, 0.1) is 0 Å². The van der Waals surface area contributed by atoms with Crippen molar-refractivity contribution in [3.8, 4) is 0 Å². The Kier molecular flexibility index (Phi) is 5.97. The number of carbonyl (C=O) groups excluding carboxylic acids is 1. The van der Waals surface area contributed by atoms with Gasteiger partial charge in [0.2, 0.25) is 5.91 Å². The molecule has 0 spiro atoms. The molecule has 1 saturated heterocycles. The van der Waals surface area contributed by atoms with E-state index in [2.05, 4.69) is 25.5 Å². The predicted molar refractivity (Wildman–Crippen MR) is 114 cm³/mol. The van der Waals surface area contributed by atoms with Crippen molar-refractivity contribution in [2.75, 3.05) is 30.3 Å². The van der Waals surface area contributed by atoms with E-state index in [4.69, 9.17) is 11.6 Å². The summed E-state index contributed by atoms with van der Waals surface area (Å²) in [7, 11) is 0. The average Bonchev–Trinajstić information content (AvgIpc) is 3.22. The fraction of sp³-hybridized carbons (Fsp3) is 0.286. The highest BCUT2D eigenvalue weighted by Crippen LogP contribution is 2.37. The molecule has 1 amide bonds. The first-order valence-electron chi connectivity index (χ1n) is 9.70. The quantitative estimate of drug-likeness (QED) is 0.568. The van der Waals surface area contributed by atoms with Gasteiger partial charge >= 0.3 is 6.18 Å². The SMILES string of the molecule is O=C(CN1CCCC1)Nc1ccc2ncnc(Nc3ccc(Cl)c(C(F)(F)F)c3)c2c1. The van der Waals surface area contributed by atoms with Crippen molar-refractivity contribution in [1.29, 1.82) is 0 Å². The van der Waals surface area contributed by atoms with Gasteiger partial charge < -0.3 is 10.6 Å². The van der Waals surface area contributed by atoms with Gasteiger partial charge in [0.25, 0.3) is 0 Å². The Labute approximate surface area is 181 Å². The summed E-state index contributed by atoms with van der Waals surface area (Å²) in [6.07, 6.45) is -1.07. The lowest BCUT2D eigenvalue weighted by atomic mass is 10.1. The van der Waals surface area contributed by atoms with Crippen LogP contribution in [-0.2, 0) is 11.0 Å². The molecule has 0 atom stereocenters. The lowest BCUT2D eigenvalue weighted by Crippen LogP contribution is -2.30. The number of fused-ring (bicyclic) bond motifs is 1. The van der Waals surface area contributed by atoms with E-state index in [1.165, 1.54) is 18.5 Å². The second-order valence-corrected chi connectivity index (χ2v) is 7.71. The van der Waals surface area contributed by atoms with E-state index < -0.39 is 11.7 Å². The first-order chi connectivity index (χ1) is 14.8. The number of alkyl halides is 3. The number of hydrogen-bond donors (Lipinski definition) is 2. The van der Waals surface area contributed by atoms with Gasteiger partial charge in [-0.05, 0) is 62.3 Å². The third-order valence-corrected chi connectivity index (χ3v) is 5.35. The summed E-state index contributed by atoms with van der Waals surface area (Å²) in [5.74, 6) is 0.191. The van der Waals surface area contributed by atoms with Crippen molar-refractivity contribution in [3.05, 3.63) is 53.3 Å². The minimum absolute atomic E-state index is 0.125. The second kappa shape index (κ2) is 8.68. The standard InChI is InChI=1S/C21H19ClF3N5O/c22-17-5-3-14(10-16(17)21(23,24)25)29-20-15-9-13(4-6-18(15)26-12-27-20)28-19(31)11-30-7-1-2-8-30/h3-6,9-10,12H,1-2,7-8,11H2,(H,28,31)(H,26,27,29). The third-order valence-electron chi connectivity index (χ3n) is 5.02. The fourth-order valence-electron chi connectivity index (χ4n) is 3.54. The normalized spacial score (nSPS) is 14.7. The van der Waals surface area contributed by atoms with Crippen LogP contribution in [-0.4, -0.2) is 40.4 Å². The molecule has 2 aromatic carbocycles. The molecule has 162 valence electrons. The van der Waals surface area contributed by atoms with Crippen molar-refractivity contribution < 1.29 is 18.0 Å². The summed E-state index contributed by atoms with van der Waals surface area (Å²) in [6.45, 7) is 2.14. The van der Waals surface area contributed by atoms with Crippen LogP contribution in [0.25, 0.3) is 10.9 Å². The zero-order chi connectivity index (χ0) is 22.0. The third kappa shape index (κ3) is 5.05. The molecule has 6 nitrogen and oxygen atoms in total. The first-order valence-corrected chi connectivity index (χ1v) is 10.1. The molecular weight excluding hydrogens is 431 g/mol. The van der Waals surface area contributed by atoms with E-state index in [1.54, 1.807) is 18.2 Å². The van der Waals surface area contributed by atoms with Crippen molar-refractivity contribution in [1.82, 2.24) is 14.9 Å². The number of amides is 1. The lowest BCUT2D eigenvalue weighted by Gasteiger charge is -2.15. The summed E-state index contributed by atoms with van der Waals surface area (Å²) in [5, 5.41) is 5.93. The number of hydrogen-bond acceptors (Lipinski definition) is 5. The molecule has 0 aliphatic carbocycles. The van der Waals surface area contributed by atoms with Gasteiger partial charge in [0.1, 0.15) is 12.1 Å². The fourth-order valence-corrected chi connectivity index (χ4v) is 3.76. The number of carbonyl (C=O) groups is 1. The summed E-state index contributed by atoms with van der Waals surface area (Å²) >= 11 is 5.69. The van der Waals surface area contributed by atoms with Gasteiger partial charge in [-0.2, -0.15) is 13.2 Å². The molecule has 0 saturated carbocycles. The molecule has 1 aliphatic heterocycles. The Morgan fingerprint density at radius 2 is 1.81 bits per heavy atom. The highest BCUT2D eigenvalue weighted by molar-refractivity contribution is 6.31. The Morgan fingerprint density at radius 1 is 1.06 bits per heavy atom. The second-order valence-electron chi connectivity index (χ2n) is 7.30. The summed E-state index contributed by atoms with van der Waals surface area (Å²) < 4.78 is 39.5. The van der Waals surface area contributed by atoms with Gasteiger partial charge in [0.15, 0.2) is 0 Å². The number of nitrogens with zero attached hydrogens (tertiary/aromatic N) is 3. The molecule has 1 aliphatic rings. The van der Waals surface area contributed by atoms with Crippen molar-refractivity contribution in [2.24, 2.45) is 0 Å². The number of rotatable bonds is 5. The smallest absolute Gasteiger partial charge is 0.340 e. The number of aromatic nitrogens is 2. The molecule has 2 heterocycles. The van der Waals surface area contributed by atoms with Gasteiger partial charge in [0.05, 0.1) is 22.6 Å². The summed E-state index contributed by atoms with van der Waals surface area (Å²) in [4.78, 5) is 22.8. The Morgan fingerprint density at radius 3 is 2.55 bits per heavy atom. The number of anilines is 3. The molecule has 2 N–H and O–H groups in total. The van der Waals surface area contributed by atoms with Crippen LogP contribution in [0.3, 0.4) is 0 Å². The molecule has 1 fully saturated rings. The maximum absolute atomic E-state index is 13.2. The monoisotopic (exact) mass is 449 g/mol. The lowest BCUT2D eigenvalue weighted by molar-refractivity contribution is -0.137. The number of halogens is 4. The summed E-state index contributed by atoms with van der Waals surface area (Å²) in [5.41, 5.74) is 0.384. The number of benzene rings is 2. The molecule has 4 rings (SSSR count). The Bertz CT molecular complexity index is 1120. The molecule has 0 bridgehead atoms. The van der Waals surface area contributed by atoms with Crippen LogP contribution >= 0.6 is 11.6 Å². The molecule has 31 heavy (non-hydrogen) atoms. The molecule has 0 radical (unpaired) electrons. The van der Waals surface area contributed by atoms with Crippen LogP contribution < -0.4 is 10.6 Å². The average molecular weight is 450 g/mol. The maximum Gasteiger partial charge on any atom is 0.417 e. The zero-order valence-corrected chi connectivity index (χ0v) is 17.1. The minimum atomic E-state index is -4.57. The molecule has 1 aromatic heterocycles.